The van der Waals surface area contributed by atoms with Crippen molar-refractivity contribution in [1.29, 1.82) is 0 Å². The van der Waals surface area contributed by atoms with Crippen LogP contribution in [0.4, 0.5) is 0 Å². The molecule has 2 radical (unpaired) electrons. The van der Waals surface area contributed by atoms with E-state index < -0.39 is 0 Å². The maximum absolute atomic E-state index is 5.92. The molecular formula is C24H12Br2Cl2Cu2N4+4. The second-order valence-electron chi connectivity index (χ2n) is 6.95. The monoisotopic (exact) mass is 710 g/mol. The minimum atomic E-state index is 0. The molecule has 0 spiro atoms. The summed E-state index contributed by atoms with van der Waals surface area (Å²) in [6, 6.07) is 19.8. The Labute approximate surface area is 243 Å². The van der Waals surface area contributed by atoms with Crippen molar-refractivity contribution < 1.29 is 34.1 Å². The van der Waals surface area contributed by atoms with Crippen LogP contribution in [0, 0.1) is 0 Å². The number of nitrogens with zero attached hydrogens (tertiary/aromatic N) is 4. The molecule has 6 aromatic rings. The molecule has 0 aliphatic heterocycles. The van der Waals surface area contributed by atoms with Gasteiger partial charge in [-0.1, -0.05) is 59.6 Å². The summed E-state index contributed by atoms with van der Waals surface area (Å²) >= 11 is 18.7. The van der Waals surface area contributed by atoms with Crippen molar-refractivity contribution in [2.45, 2.75) is 0 Å². The Morgan fingerprint density at radius 3 is 1.68 bits per heavy atom. The molecule has 2 aromatic carbocycles. The number of rotatable bonds is 0. The van der Waals surface area contributed by atoms with Gasteiger partial charge in [-0.3, -0.25) is 9.97 Å². The summed E-state index contributed by atoms with van der Waals surface area (Å²) in [4.78, 5) is 17.5. The van der Waals surface area contributed by atoms with Crippen molar-refractivity contribution in [2.24, 2.45) is 0 Å². The predicted molar refractivity (Wildman–Crippen MR) is 140 cm³/mol. The van der Waals surface area contributed by atoms with E-state index in [2.05, 4.69) is 63.9 Å². The molecule has 4 heterocycles. The summed E-state index contributed by atoms with van der Waals surface area (Å²) in [6.45, 7) is 0. The van der Waals surface area contributed by atoms with Gasteiger partial charge in [-0.25, -0.2) is 9.97 Å². The number of benzene rings is 2. The number of aromatic nitrogens is 4. The number of hydrogen-bond donors (Lipinski definition) is 0. The predicted octanol–water partition coefficient (Wildman–Crippen LogP) is 8.39. The van der Waals surface area contributed by atoms with E-state index in [-0.39, 0.29) is 34.1 Å². The molecule has 0 aliphatic carbocycles. The molecule has 0 saturated carbocycles. The molecule has 4 nitrogen and oxygen atoms in total. The first-order valence-corrected chi connectivity index (χ1v) is 11.8. The molecule has 174 valence electrons. The van der Waals surface area contributed by atoms with E-state index in [1.54, 1.807) is 18.5 Å². The van der Waals surface area contributed by atoms with Gasteiger partial charge in [-0.15, -0.1) is 0 Å². The van der Waals surface area contributed by atoms with E-state index in [0.29, 0.717) is 10.2 Å². The Hall–Kier alpha value is -1.34. The van der Waals surface area contributed by atoms with Gasteiger partial charge in [-0.05, 0) is 56.1 Å². The Kier molecular flexibility index (Phi) is 9.29. The third kappa shape index (κ3) is 5.40. The molecule has 0 fully saturated rings. The molecule has 0 saturated heterocycles. The molecule has 0 N–H and O–H groups in total. The van der Waals surface area contributed by atoms with Crippen molar-refractivity contribution in [3.63, 3.8) is 0 Å². The summed E-state index contributed by atoms with van der Waals surface area (Å²) in [5.41, 5.74) is 3.49. The molecular weight excluding hydrogens is 702 g/mol. The van der Waals surface area contributed by atoms with Crippen LogP contribution < -0.4 is 0 Å². The van der Waals surface area contributed by atoms with Crippen molar-refractivity contribution in [1.82, 2.24) is 19.9 Å². The first-order valence-electron chi connectivity index (χ1n) is 9.50. The standard InChI is InChI=1S/C12H6Br2N2.C12H6Cl2N2.2Cu/c2*13-9-6-8-4-3-7-2-1-5-15-10(7)11(8)16-12(9)14;;/h2*1-6H;;/q;;2*+2. The molecule has 0 atom stereocenters. The van der Waals surface area contributed by atoms with Crippen LogP contribution in [-0.2, 0) is 34.1 Å². The quantitative estimate of drug-likeness (QED) is 0.0902. The fourth-order valence-electron chi connectivity index (χ4n) is 3.45. The van der Waals surface area contributed by atoms with Gasteiger partial charge in [0.05, 0.1) is 31.6 Å². The fraction of sp³-hybridized carbons (Fsp3) is 0. The number of halogens is 4. The van der Waals surface area contributed by atoms with Gasteiger partial charge in [0.1, 0.15) is 9.76 Å². The average Bonchev–Trinajstić information content (AvgIpc) is 2.81. The van der Waals surface area contributed by atoms with E-state index in [0.717, 1.165) is 52.7 Å². The smallest absolute Gasteiger partial charge is 0.254 e. The molecule has 10 heteroatoms. The summed E-state index contributed by atoms with van der Waals surface area (Å²) in [6.07, 6.45) is 3.53. The Morgan fingerprint density at radius 2 is 1.09 bits per heavy atom. The van der Waals surface area contributed by atoms with E-state index in [1.807, 2.05) is 42.5 Å². The van der Waals surface area contributed by atoms with E-state index >= 15 is 0 Å². The van der Waals surface area contributed by atoms with Gasteiger partial charge >= 0.3 is 34.1 Å². The van der Waals surface area contributed by atoms with Gasteiger partial charge in [0.25, 0.3) is 0 Å². The van der Waals surface area contributed by atoms with Gasteiger partial charge in [0, 0.05) is 33.9 Å². The van der Waals surface area contributed by atoms with Crippen molar-refractivity contribution in [2.75, 3.05) is 0 Å². The van der Waals surface area contributed by atoms with Crippen LogP contribution >= 0.6 is 55.1 Å². The fourth-order valence-corrected chi connectivity index (χ4v) is 4.38. The van der Waals surface area contributed by atoms with E-state index in [9.17, 15) is 0 Å². The van der Waals surface area contributed by atoms with E-state index in [4.69, 9.17) is 23.2 Å². The van der Waals surface area contributed by atoms with Crippen LogP contribution in [0.1, 0.15) is 0 Å². The summed E-state index contributed by atoms with van der Waals surface area (Å²) in [5.74, 6) is 0. The maximum atomic E-state index is 5.92. The molecule has 0 amide bonds. The largest absolute Gasteiger partial charge is 2.00 e. The number of fused-ring (bicyclic) bond motifs is 6. The molecule has 6 rings (SSSR count). The van der Waals surface area contributed by atoms with Gasteiger partial charge in [-0.2, -0.15) is 0 Å². The van der Waals surface area contributed by atoms with E-state index in [1.165, 1.54) is 0 Å². The molecule has 0 unspecified atom stereocenters. The SMILES string of the molecule is Brc1cc2ccc3cccnc3c2nc1Br.Clc1cc2ccc3cccnc3c2nc1Cl.[Cu+2].[Cu+2]. The minimum absolute atomic E-state index is 0. The zero-order valence-corrected chi connectivity index (χ0v) is 23.4. The van der Waals surface area contributed by atoms with Crippen molar-refractivity contribution in [3.8, 4) is 0 Å². The zero-order valence-electron chi connectivity index (χ0n) is 16.8. The molecule has 0 bridgehead atoms. The van der Waals surface area contributed by atoms with Crippen LogP contribution in [0.5, 0.6) is 0 Å². The first kappa shape index (κ1) is 27.2. The third-order valence-electron chi connectivity index (χ3n) is 4.94. The normalized spacial score (nSPS) is 10.5. The number of pyridine rings is 4. The zero-order chi connectivity index (χ0) is 22.2. The summed E-state index contributed by atoms with van der Waals surface area (Å²) in [7, 11) is 0. The molecule has 34 heavy (non-hydrogen) atoms. The second-order valence-corrected chi connectivity index (χ2v) is 9.32. The van der Waals surface area contributed by atoms with Gasteiger partial charge in [0.15, 0.2) is 0 Å². The molecule has 4 aromatic heterocycles. The third-order valence-corrected chi connectivity index (χ3v) is 7.35. The van der Waals surface area contributed by atoms with Crippen LogP contribution in [0.3, 0.4) is 0 Å². The Morgan fingerprint density at radius 1 is 0.588 bits per heavy atom. The number of hydrogen-bond acceptors (Lipinski definition) is 4. The first-order chi connectivity index (χ1) is 15.5. The van der Waals surface area contributed by atoms with Crippen LogP contribution in [0.15, 0.2) is 82.1 Å². The topological polar surface area (TPSA) is 51.6 Å². The van der Waals surface area contributed by atoms with Crippen molar-refractivity contribution >= 4 is 98.7 Å². The van der Waals surface area contributed by atoms with Gasteiger partial charge in [0.2, 0.25) is 0 Å². The Bertz CT molecular complexity index is 1530. The summed E-state index contributed by atoms with van der Waals surface area (Å²) in [5, 5.41) is 4.95. The summed E-state index contributed by atoms with van der Waals surface area (Å²) < 4.78 is 1.76. The second kappa shape index (κ2) is 11.6. The van der Waals surface area contributed by atoms with Gasteiger partial charge < -0.3 is 0 Å². The van der Waals surface area contributed by atoms with Crippen LogP contribution in [0.2, 0.25) is 10.2 Å². The van der Waals surface area contributed by atoms with Crippen molar-refractivity contribution in [3.05, 3.63) is 92.3 Å². The maximum Gasteiger partial charge on any atom is 2.00 e. The molecule has 0 aliphatic rings. The minimum Gasteiger partial charge on any atom is -0.254 e. The average molecular weight is 714 g/mol. The van der Waals surface area contributed by atoms with Crippen LogP contribution in [-0.4, -0.2) is 19.9 Å². The Balaban J connectivity index is 0.000000180. The van der Waals surface area contributed by atoms with Crippen LogP contribution in [0.25, 0.3) is 43.6 Å².